The SMILES string of the molecule is O=C(O)CCN(CO)CCC(=O)O. The molecule has 0 amide bonds. The second kappa shape index (κ2) is 6.38. The highest BCUT2D eigenvalue weighted by atomic mass is 16.4. The van der Waals surface area contributed by atoms with E-state index in [4.69, 9.17) is 15.3 Å². The predicted octanol–water partition coefficient (Wildman–Crippen LogP) is -0.812. The molecule has 13 heavy (non-hydrogen) atoms. The molecular formula is C7H13NO5. The summed E-state index contributed by atoms with van der Waals surface area (Å²) in [6.07, 6.45) is -0.194. The van der Waals surface area contributed by atoms with Crippen LogP contribution in [-0.4, -0.2) is 52.0 Å². The quantitative estimate of drug-likeness (QED) is 0.455. The van der Waals surface area contributed by atoms with Crippen molar-refractivity contribution >= 4 is 11.9 Å². The van der Waals surface area contributed by atoms with Crippen LogP contribution in [0.3, 0.4) is 0 Å². The smallest absolute Gasteiger partial charge is 0.304 e. The van der Waals surface area contributed by atoms with Crippen molar-refractivity contribution in [1.29, 1.82) is 0 Å². The Labute approximate surface area is 75.4 Å². The van der Waals surface area contributed by atoms with E-state index in [2.05, 4.69) is 0 Å². The van der Waals surface area contributed by atoms with E-state index >= 15 is 0 Å². The van der Waals surface area contributed by atoms with Gasteiger partial charge in [-0.1, -0.05) is 0 Å². The number of rotatable bonds is 7. The van der Waals surface area contributed by atoms with Gasteiger partial charge in [-0.3, -0.25) is 14.5 Å². The van der Waals surface area contributed by atoms with E-state index in [1.54, 1.807) is 0 Å². The van der Waals surface area contributed by atoms with Crippen LogP contribution >= 0.6 is 0 Å². The van der Waals surface area contributed by atoms with Crippen LogP contribution < -0.4 is 0 Å². The van der Waals surface area contributed by atoms with Gasteiger partial charge in [-0.25, -0.2) is 0 Å². The Morgan fingerprint density at radius 1 is 1.00 bits per heavy atom. The number of carbonyl (C=O) groups is 2. The summed E-state index contributed by atoms with van der Waals surface area (Å²) in [6.45, 7) is 0.0127. The summed E-state index contributed by atoms with van der Waals surface area (Å²) in [6, 6.07) is 0. The standard InChI is InChI=1S/C7H13NO5/c9-5-8(3-1-6(10)11)4-2-7(12)13/h9H,1-5H2,(H,10,11)(H,12,13). The number of carboxylic acid groups (broad SMARTS) is 2. The zero-order valence-corrected chi connectivity index (χ0v) is 7.14. The Bertz CT molecular complexity index is 164. The summed E-state index contributed by atoms with van der Waals surface area (Å²) < 4.78 is 0. The fraction of sp³-hybridized carbons (Fsp3) is 0.714. The van der Waals surface area contributed by atoms with Crippen molar-refractivity contribution in [3.8, 4) is 0 Å². The maximum atomic E-state index is 10.1. The molecular weight excluding hydrogens is 178 g/mol. The van der Waals surface area contributed by atoms with E-state index in [0.717, 1.165) is 0 Å². The average Bonchev–Trinajstić information content (AvgIpc) is 2.04. The molecule has 0 bridgehead atoms. The van der Waals surface area contributed by atoms with Crippen LogP contribution in [-0.2, 0) is 9.59 Å². The largest absolute Gasteiger partial charge is 0.481 e. The molecule has 0 aromatic rings. The molecule has 0 saturated carbocycles. The summed E-state index contributed by atoms with van der Waals surface area (Å²) in [5.41, 5.74) is 0. The van der Waals surface area contributed by atoms with Crippen molar-refractivity contribution in [2.75, 3.05) is 19.8 Å². The van der Waals surface area contributed by atoms with Crippen LogP contribution in [0.25, 0.3) is 0 Å². The first kappa shape index (κ1) is 11.9. The molecule has 0 saturated heterocycles. The van der Waals surface area contributed by atoms with Crippen molar-refractivity contribution in [3.05, 3.63) is 0 Å². The van der Waals surface area contributed by atoms with Gasteiger partial charge in [0, 0.05) is 13.1 Å². The maximum Gasteiger partial charge on any atom is 0.304 e. The number of aliphatic carboxylic acids is 2. The van der Waals surface area contributed by atoms with E-state index in [1.165, 1.54) is 4.90 Å². The Hall–Kier alpha value is -1.14. The van der Waals surface area contributed by atoms with Gasteiger partial charge in [-0.05, 0) is 0 Å². The lowest BCUT2D eigenvalue weighted by molar-refractivity contribution is -0.137. The van der Waals surface area contributed by atoms with Crippen molar-refractivity contribution in [2.24, 2.45) is 0 Å². The van der Waals surface area contributed by atoms with Crippen LogP contribution in [0.1, 0.15) is 12.8 Å². The van der Waals surface area contributed by atoms with Crippen molar-refractivity contribution in [2.45, 2.75) is 12.8 Å². The minimum absolute atomic E-state index is 0.0970. The molecule has 0 fully saturated rings. The molecule has 76 valence electrons. The first-order chi connectivity index (χ1) is 6.06. The highest BCUT2D eigenvalue weighted by Crippen LogP contribution is 1.93. The third-order valence-electron chi connectivity index (χ3n) is 1.48. The van der Waals surface area contributed by atoms with Crippen LogP contribution in [0, 0.1) is 0 Å². The number of aliphatic hydroxyl groups is 1. The molecule has 0 aliphatic heterocycles. The fourth-order valence-corrected chi connectivity index (χ4v) is 0.761. The molecule has 0 rings (SSSR count). The van der Waals surface area contributed by atoms with Gasteiger partial charge in [0.1, 0.15) is 0 Å². The van der Waals surface area contributed by atoms with Gasteiger partial charge in [-0.15, -0.1) is 0 Å². The van der Waals surface area contributed by atoms with Gasteiger partial charge >= 0.3 is 11.9 Å². The Balaban J connectivity index is 3.63. The average molecular weight is 191 g/mol. The predicted molar refractivity (Wildman–Crippen MR) is 43.2 cm³/mol. The monoisotopic (exact) mass is 191 g/mol. The van der Waals surface area contributed by atoms with Crippen molar-refractivity contribution < 1.29 is 24.9 Å². The fourth-order valence-electron chi connectivity index (χ4n) is 0.761. The van der Waals surface area contributed by atoms with E-state index < -0.39 is 11.9 Å². The van der Waals surface area contributed by atoms with Crippen molar-refractivity contribution in [3.63, 3.8) is 0 Å². The second-order valence-corrected chi connectivity index (χ2v) is 2.55. The number of nitrogens with zero attached hydrogens (tertiary/aromatic N) is 1. The lowest BCUT2D eigenvalue weighted by Crippen LogP contribution is -2.29. The van der Waals surface area contributed by atoms with Gasteiger partial charge < -0.3 is 15.3 Å². The molecule has 0 aromatic heterocycles. The highest BCUT2D eigenvalue weighted by molar-refractivity contribution is 5.67. The zero-order chi connectivity index (χ0) is 10.3. The summed E-state index contributed by atoms with van der Waals surface area (Å²) in [7, 11) is 0. The van der Waals surface area contributed by atoms with E-state index in [1.807, 2.05) is 0 Å². The first-order valence-corrected chi connectivity index (χ1v) is 3.83. The normalized spacial score (nSPS) is 10.3. The summed E-state index contributed by atoms with van der Waals surface area (Å²) in [5, 5.41) is 25.3. The Morgan fingerprint density at radius 3 is 1.62 bits per heavy atom. The minimum Gasteiger partial charge on any atom is -0.481 e. The zero-order valence-electron chi connectivity index (χ0n) is 7.14. The van der Waals surface area contributed by atoms with E-state index in [-0.39, 0.29) is 32.7 Å². The molecule has 6 heteroatoms. The van der Waals surface area contributed by atoms with Crippen LogP contribution in [0.4, 0.5) is 0 Å². The molecule has 0 heterocycles. The lowest BCUT2D eigenvalue weighted by Gasteiger charge is -2.16. The van der Waals surface area contributed by atoms with Crippen molar-refractivity contribution in [1.82, 2.24) is 4.90 Å². The highest BCUT2D eigenvalue weighted by Gasteiger charge is 2.07. The topological polar surface area (TPSA) is 98.1 Å². The second-order valence-electron chi connectivity index (χ2n) is 2.55. The van der Waals surface area contributed by atoms with Crippen LogP contribution in [0.15, 0.2) is 0 Å². The number of aliphatic hydroxyl groups excluding tert-OH is 1. The first-order valence-electron chi connectivity index (χ1n) is 3.83. The summed E-state index contributed by atoms with van der Waals surface area (Å²) >= 11 is 0. The molecule has 0 spiro atoms. The third kappa shape index (κ3) is 7.23. The lowest BCUT2D eigenvalue weighted by atomic mass is 10.3. The van der Waals surface area contributed by atoms with Gasteiger partial charge in [0.15, 0.2) is 0 Å². The molecule has 0 aromatic carbocycles. The van der Waals surface area contributed by atoms with Crippen LogP contribution in [0.2, 0.25) is 0 Å². The van der Waals surface area contributed by atoms with Crippen LogP contribution in [0.5, 0.6) is 0 Å². The number of hydrogen-bond donors (Lipinski definition) is 3. The molecule has 0 radical (unpaired) electrons. The van der Waals surface area contributed by atoms with E-state index in [9.17, 15) is 9.59 Å². The molecule has 0 aliphatic carbocycles. The van der Waals surface area contributed by atoms with Gasteiger partial charge in [0.25, 0.3) is 0 Å². The molecule has 3 N–H and O–H groups in total. The van der Waals surface area contributed by atoms with Gasteiger partial charge in [0.2, 0.25) is 0 Å². The Kier molecular flexibility index (Phi) is 5.82. The molecule has 0 aliphatic rings. The minimum atomic E-state index is -0.964. The number of carboxylic acids is 2. The van der Waals surface area contributed by atoms with E-state index in [0.29, 0.717) is 0 Å². The number of hydrogen-bond acceptors (Lipinski definition) is 4. The molecule has 0 atom stereocenters. The molecule has 0 unspecified atom stereocenters. The third-order valence-corrected chi connectivity index (χ3v) is 1.48. The molecule has 6 nitrogen and oxygen atoms in total. The Morgan fingerprint density at radius 2 is 1.38 bits per heavy atom. The summed E-state index contributed by atoms with van der Waals surface area (Å²) in [5.74, 6) is -1.93. The summed E-state index contributed by atoms with van der Waals surface area (Å²) in [4.78, 5) is 21.6. The van der Waals surface area contributed by atoms with Gasteiger partial charge in [-0.2, -0.15) is 0 Å². The maximum absolute atomic E-state index is 10.1. The van der Waals surface area contributed by atoms with Gasteiger partial charge in [0.05, 0.1) is 19.6 Å².